The van der Waals surface area contributed by atoms with Crippen LogP contribution < -0.4 is 9.64 Å². The standard InChI is InChI=1S/C22H19FN4O3/c1-29-16-8-6-15(7-9-16)20-25-19(14-24)22(30-20)27-12-10-26(11-13-27)21(28)17-4-2-3-5-18(17)23/h2-9H,10-13H2,1H3. The highest BCUT2D eigenvalue weighted by Crippen LogP contribution is 2.30. The number of carbonyl (C=O) groups is 1. The van der Waals surface area contributed by atoms with Gasteiger partial charge in [0.05, 0.1) is 12.7 Å². The highest BCUT2D eigenvalue weighted by atomic mass is 19.1. The predicted octanol–water partition coefficient (Wildman–Crippen LogP) is 3.32. The van der Waals surface area contributed by atoms with E-state index in [1.807, 2.05) is 4.90 Å². The highest BCUT2D eigenvalue weighted by molar-refractivity contribution is 5.94. The van der Waals surface area contributed by atoms with Crippen molar-refractivity contribution in [2.75, 3.05) is 38.2 Å². The number of benzene rings is 2. The molecule has 1 fully saturated rings. The summed E-state index contributed by atoms with van der Waals surface area (Å²) in [6, 6.07) is 15.2. The molecule has 1 saturated heterocycles. The molecule has 0 atom stereocenters. The number of halogens is 1. The SMILES string of the molecule is COc1ccc(-c2nc(C#N)c(N3CCN(C(=O)c4ccccc4F)CC3)o2)cc1. The highest BCUT2D eigenvalue weighted by Gasteiger charge is 2.28. The van der Waals surface area contributed by atoms with Gasteiger partial charge >= 0.3 is 0 Å². The van der Waals surface area contributed by atoms with Crippen molar-refractivity contribution in [2.24, 2.45) is 0 Å². The maximum atomic E-state index is 13.9. The van der Waals surface area contributed by atoms with Crippen LogP contribution in [0.2, 0.25) is 0 Å². The number of methoxy groups -OCH3 is 1. The maximum absolute atomic E-state index is 13.9. The summed E-state index contributed by atoms with van der Waals surface area (Å²) < 4.78 is 25.0. The Balaban J connectivity index is 1.49. The Morgan fingerprint density at radius 2 is 1.83 bits per heavy atom. The van der Waals surface area contributed by atoms with Crippen LogP contribution >= 0.6 is 0 Å². The normalized spacial score (nSPS) is 13.8. The number of oxazole rings is 1. The van der Waals surface area contributed by atoms with Gasteiger partial charge in [0.15, 0.2) is 0 Å². The van der Waals surface area contributed by atoms with Gasteiger partial charge in [-0.05, 0) is 36.4 Å². The number of aromatic nitrogens is 1. The lowest BCUT2D eigenvalue weighted by atomic mass is 10.1. The van der Waals surface area contributed by atoms with Crippen LogP contribution in [-0.2, 0) is 0 Å². The van der Waals surface area contributed by atoms with Crippen molar-refractivity contribution in [1.82, 2.24) is 9.88 Å². The zero-order valence-electron chi connectivity index (χ0n) is 16.3. The minimum absolute atomic E-state index is 0.0603. The van der Waals surface area contributed by atoms with E-state index in [-0.39, 0.29) is 17.2 Å². The first-order chi connectivity index (χ1) is 14.6. The summed E-state index contributed by atoms with van der Waals surface area (Å²) in [6.07, 6.45) is 0. The molecular formula is C22H19FN4O3. The van der Waals surface area contributed by atoms with Crippen molar-refractivity contribution in [2.45, 2.75) is 0 Å². The Kier molecular flexibility index (Phi) is 5.35. The second-order valence-corrected chi connectivity index (χ2v) is 6.77. The summed E-state index contributed by atoms with van der Waals surface area (Å²) in [4.78, 5) is 20.4. The van der Waals surface area contributed by atoms with Gasteiger partial charge < -0.3 is 19.0 Å². The van der Waals surface area contributed by atoms with Crippen molar-refractivity contribution < 1.29 is 18.3 Å². The number of amides is 1. The van der Waals surface area contributed by atoms with E-state index in [1.54, 1.807) is 48.4 Å². The fraction of sp³-hybridized carbons (Fsp3) is 0.227. The Morgan fingerprint density at radius 1 is 1.13 bits per heavy atom. The van der Waals surface area contributed by atoms with Crippen molar-refractivity contribution in [1.29, 1.82) is 5.26 Å². The van der Waals surface area contributed by atoms with Crippen molar-refractivity contribution in [3.05, 3.63) is 65.6 Å². The molecule has 0 saturated carbocycles. The lowest BCUT2D eigenvalue weighted by Crippen LogP contribution is -2.49. The monoisotopic (exact) mass is 406 g/mol. The smallest absolute Gasteiger partial charge is 0.256 e. The van der Waals surface area contributed by atoms with Crippen LogP contribution in [0.5, 0.6) is 5.75 Å². The zero-order chi connectivity index (χ0) is 21.1. The Bertz CT molecular complexity index is 1100. The average Bonchev–Trinajstić information content (AvgIpc) is 3.23. The molecule has 1 aliphatic rings. The second-order valence-electron chi connectivity index (χ2n) is 6.77. The number of hydrogen-bond donors (Lipinski definition) is 0. The minimum Gasteiger partial charge on any atom is -0.497 e. The van der Waals surface area contributed by atoms with Gasteiger partial charge in [0.2, 0.25) is 17.5 Å². The van der Waals surface area contributed by atoms with E-state index in [0.717, 1.165) is 5.56 Å². The van der Waals surface area contributed by atoms with Gasteiger partial charge in [0.25, 0.3) is 5.91 Å². The Hall–Kier alpha value is -3.86. The molecule has 4 rings (SSSR count). The topological polar surface area (TPSA) is 82.6 Å². The quantitative estimate of drug-likeness (QED) is 0.661. The van der Waals surface area contributed by atoms with Gasteiger partial charge in [-0.2, -0.15) is 10.2 Å². The van der Waals surface area contributed by atoms with Gasteiger partial charge in [0, 0.05) is 31.7 Å². The third-order valence-electron chi connectivity index (χ3n) is 5.01. The first-order valence-corrected chi connectivity index (χ1v) is 9.45. The van der Waals surface area contributed by atoms with E-state index in [0.29, 0.717) is 43.7 Å². The third kappa shape index (κ3) is 3.70. The third-order valence-corrected chi connectivity index (χ3v) is 5.01. The molecule has 0 spiro atoms. The molecule has 0 aliphatic carbocycles. The largest absolute Gasteiger partial charge is 0.497 e. The zero-order valence-corrected chi connectivity index (χ0v) is 16.3. The molecule has 0 unspecified atom stereocenters. The van der Waals surface area contributed by atoms with E-state index in [2.05, 4.69) is 11.1 Å². The number of nitriles is 1. The molecule has 1 aliphatic heterocycles. The Morgan fingerprint density at radius 3 is 2.47 bits per heavy atom. The van der Waals surface area contributed by atoms with Crippen LogP contribution in [-0.4, -0.2) is 49.1 Å². The van der Waals surface area contributed by atoms with Gasteiger partial charge in [-0.15, -0.1) is 0 Å². The first-order valence-electron chi connectivity index (χ1n) is 9.45. The second kappa shape index (κ2) is 8.25. The molecule has 7 nitrogen and oxygen atoms in total. The fourth-order valence-corrected chi connectivity index (χ4v) is 3.37. The summed E-state index contributed by atoms with van der Waals surface area (Å²) >= 11 is 0. The molecule has 0 N–H and O–H groups in total. The van der Waals surface area contributed by atoms with Gasteiger partial charge in [0.1, 0.15) is 17.6 Å². The summed E-state index contributed by atoms with van der Waals surface area (Å²) in [6.45, 7) is 1.67. The number of hydrogen-bond acceptors (Lipinski definition) is 6. The number of anilines is 1. The van der Waals surface area contributed by atoms with Crippen LogP contribution in [0.3, 0.4) is 0 Å². The van der Waals surface area contributed by atoms with Gasteiger partial charge in [-0.1, -0.05) is 12.1 Å². The van der Waals surface area contributed by atoms with Gasteiger partial charge in [-0.25, -0.2) is 4.39 Å². The summed E-state index contributed by atoms with van der Waals surface area (Å²) in [5, 5.41) is 9.49. The number of rotatable bonds is 4. The minimum atomic E-state index is -0.531. The van der Waals surface area contributed by atoms with Crippen molar-refractivity contribution in [3.63, 3.8) is 0 Å². The van der Waals surface area contributed by atoms with Crippen molar-refractivity contribution in [3.8, 4) is 23.3 Å². The molecule has 2 aromatic carbocycles. The van der Waals surface area contributed by atoms with E-state index in [4.69, 9.17) is 9.15 Å². The fourth-order valence-electron chi connectivity index (χ4n) is 3.37. The van der Waals surface area contributed by atoms with Crippen LogP contribution in [0.15, 0.2) is 52.9 Å². The molecule has 0 bridgehead atoms. The van der Waals surface area contributed by atoms with E-state index >= 15 is 0 Å². The maximum Gasteiger partial charge on any atom is 0.256 e. The average molecular weight is 406 g/mol. The lowest BCUT2D eigenvalue weighted by Gasteiger charge is -2.34. The molecular weight excluding hydrogens is 387 g/mol. The molecule has 8 heteroatoms. The van der Waals surface area contributed by atoms with E-state index in [9.17, 15) is 14.4 Å². The summed E-state index contributed by atoms with van der Waals surface area (Å²) in [5.74, 6) is 0.554. The van der Waals surface area contributed by atoms with Gasteiger partial charge in [-0.3, -0.25) is 4.79 Å². The first kappa shape index (κ1) is 19.5. The molecule has 0 radical (unpaired) electrons. The van der Waals surface area contributed by atoms with E-state index in [1.165, 1.54) is 12.1 Å². The van der Waals surface area contributed by atoms with Crippen LogP contribution in [0.4, 0.5) is 10.3 Å². The predicted molar refractivity (Wildman–Crippen MR) is 108 cm³/mol. The summed E-state index contributed by atoms with van der Waals surface area (Å²) in [7, 11) is 1.59. The number of piperazine rings is 1. The molecule has 1 aromatic heterocycles. The van der Waals surface area contributed by atoms with E-state index < -0.39 is 5.82 Å². The molecule has 3 aromatic rings. The molecule has 2 heterocycles. The molecule has 1 amide bonds. The number of ether oxygens (including phenoxy) is 1. The van der Waals surface area contributed by atoms with Crippen LogP contribution in [0.25, 0.3) is 11.5 Å². The lowest BCUT2D eigenvalue weighted by molar-refractivity contribution is 0.0740. The Labute approximate surface area is 172 Å². The summed E-state index contributed by atoms with van der Waals surface area (Å²) in [5.41, 5.74) is 0.978. The number of nitrogens with zero attached hydrogens (tertiary/aromatic N) is 4. The molecule has 152 valence electrons. The van der Waals surface area contributed by atoms with Crippen LogP contribution in [0.1, 0.15) is 16.1 Å². The number of carbonyl (C=O) groups excluding carboxylic acids is 1. The van der Waals surface area contributed by atoms with Crippen LogP contribution in [0, 0.1) is 17.1 Å². The van der Waals surface area contributed by atoms with Crippen molar-refractivity contribution >= 4 is 11.8 Å². The molecule has 30 heavy (non-hydrogen) atoms.